The largest absolute Gasteiger partial charge is 0.511 e. The number of hydrogen-bond acceptors (Lipinski definition) is 9. The molecule has 4 rings (SSSR count). The lowest BCUT2D eigenvalue weighted by atomic mass is 10.1. The molecule has 1 aromatic heterocycles. The molecule has 2 aromatic rings. The van der Waals surface area contributed by atoms with Crippen LogP contribution in [0.5, 0.6) is 5.75 Å². The summed E-state index contributed by atoms with van der Waals surface area (Å²) in [6.45, 7) is 9.52. The van der Waals surface area contributed by atoms with Gasteiger partial charge in [0.25, 0.3) is 0 Å². The number of nitrogens with zero attached hydrogens (tertiary/aromatic N) is 3. The highest BCUT2D eigenvalue weighted by molar-refractivity contribution is 5.98. The van der Waals surface area contributed by atoms with Crippen LogP contribution in [-0.2, 0) is 14.2 Å². The van der Waals surface area contributed by atoms with Gasteiger partial charge in [0.15, 0.2) is 11.6 Å². The molecular formula is C24H30FN3O7. The first-order valence-electron chi connectivity index (χ1n) is 11.6. The molecule has 0 saturated carbocycles. The Morgan fingerprint density at radius 2 is 1.80 bits per heavy atom. The molecule has 2 unspecified atom stereocenters. The van der Waals surface area contributed by atoms with Gasteiger partial charge in [-0.25, -0.2) is 14.0 Å². The highest BCUT2D eigenvalue weighted by Gasteiger charge is 2.31. The van der Waals surface area contributed by atoms with Gasteiger partial charge >= 0.3 is 12.1 Å². The SMILES string of the molecule is CC(C)OC(=O)OC(C)OC(=O)c1cn2c3c(c(N4CCN(C)CC4)c(F)cc3c1=O)OCC2C. The van der Waals surface area contributed by atoms with Crippen LogP contribution in [0.4, 0.5) is 14.9 Å². The number of rotatable bonds is 5. The minimum absolute atomic E-state index is 0.0177. The number of halogens is 1. The Balaban J connectivity index is 1.71. The summed E-state index contributed by atoms with van der Waals surface area (Å²) < 4.78 is 38.0. The zero-order valence-corrected chi connectivity index (χ0v) is 20.5. The molecule has 0 aliphatic carbocycles. The van der Waals surface area contributed by atoms with Crippen LogP contribution in [0.25, 0.3) is 10.9 Å². The Labute approximate surface area is 202 Å². The van der Waals surface area contributed by atoms with E-state index in [4.69, 9.17) is 18.9 Å². The third-order valence-electron chi connectivity index (χ3n) is 6.05. The number of pyridine rings is 1. The van der Waals surface area contributed by atoms with Gasteiger partial charge in [-0.1, -0.05) is 0 Å². The van der Waals surface area contributed by atoms with Crippen LogP contribution >= 0.6 is 0 Å². The summed E-state index contributed by atoms with van der Waals surface area (Å²) in [5.74, 6) is -1.28. The summed E-state index contributed by atoms with van der Waals surface area (Å²) in [6, 6.07) is 0.932. The number of esters is 1. The Bertz CT molecular complexity index is 1200. The summed E-state index contributed by atoms with van der Waals surface area (Å²) >= 11 is 0. The lowest BCUT2D eigenvalue weighted by Crippen LogP contribution is -2.45. The number of carbonyl (C=O) groups excluding carboxylic acids is 2. The number of hydrogen-bond donors (Lipinski definition) is 0. The van der Waals surface area contributed by atoms with E-state index in [1.54, 1.807) is 18.4 Å². The van der Waals surface area contributed by atoms with E-state index in [9.17, 15) is 14.4 Å². The topological polar surface area (TPSA) is 99.5 Å². The molecule has 1 fully saturated rings. The lowest BCUT2D eigenvalue weighted by Gasteiger charge is -2.37. The molecule has 190 valence electrons. The summed E-state index contributed by atoms with van der Waals surface area (Å²) in [4.78, 5) is 41.8. The predicted molar refractivity (Wildman–Crippen MR) is 126 cm³/mol. The van der Waals surface area contributed by atoms with E-state index in [2.05, 4.69) is 4.90 Å². The molecule has 3 heterocycles. The van der Waals surface area contributed by atoms with Crippen LogP contribution in [0.3, 0.4) is 0 Å². The number of ether oxygens (including phenoxy) is 4. The molecule has 0 N–H and O–H groups in total. The molecule has 0 bridgehead atoms. The molecule has 2 atom stereocenters. The average molecular weight is 492 g/mol. The molecule has 1 saturated heterocycles. The van der Waals surface area contributed by atoms with Crippen molar-refractivity contribution in [3.05, 3.63) is 33.9 Å². The molecule has 0 amide bonds. The summed E-state index contributed by atoms with van der Waals surface area (Å²) in [5.41, 5.74) is -0.227. The standard InChI is InChI=1S/C24H30FN3O7/c1-13(2)33-24(31)35-15(4)34-23(30)17-11-28-14(3)12-32-22-19(28)16(21(17)29)10-18(25)20(22)27-8-6-26(5)7-9-27/h10-11,13-15H,6-9,12H2,1-5H3. The second kappa shape index (κ2) is 9.73. The van der Waals surface area contributed by atoms with Crippen molar-refractivity contribution in [2.45, 2.75) is 46.1 Å². The molecule has 35 heavy (non-hydrogen) atoms. The van der Waals surface area contributed by atoms with Crippen molar-refractivity contribution in [1.82, 2.24) is 9.47 Å². The van der Waals surface area contributed by atoms with Crippen LogP contribution in [0.2, 0.25) is 0 Å². The Morgan fingerprint density at radius 3 is 2.46 bits per heavy atom. The van der Waals surface area contributed by atoms with Crippen molar-refractivity contribution in [3.8, 4) is 5.75 Å². The van der Waals surface area contributed by atoms with Gasteiger partial charge in [0.05, 0.1) is 23.0 Å². The smallest absolute Gasteiger partial charge is 0.487 e. The quantitative estimate of drug-likeness (QED) is 0.462. The molecule has 10 nitrogen and oxygen atoms in total. The summed E-state index contributed by atoms with van der Waals surface area (Å²) in [5, 5.41) is 0.0177. The lowest BCUT2D eigenvalue weighted by molar-refractivity contribution is -0.0867. The first-order chi connectivity index (χ1) is 16.6. The number of carbonyl (C=O) groups is 2. The zero-order chi connectivity index (χ0) is 25.4. The Kier molecular flexibility index (Phi) is 6.88. The fraction of sp³-hybridized carbons (Fsp3) is 0.542. The van der Waals surface area contributed by atoms with Crippen LogP contribution in [0, 0.1) is 5.82 Å². The molecule has 2 aliphatic heterocycles. The third kappa shape index (κ3) is 4.90. The molecular weight excluding hydrogens is 461 g/mol. The van der Waals surface area contributed by atoms with E-state index in [1.165, 1.54) is 13.1 Å². The monoisotopic (exact) mass is 491 g/mol. The Hall–Kier alpha value is -3.34. The first kappa shape index (κ1) is 24.8. The molecule has 0 spiro atoms. The maximum absolute atomic E-state index is 15.4. The van der Waals surface area contributed by atoms with E-state index < -0.39 is 35.8 Å². The van der Waals surface area contributed by atoms with Crippen molar-refractivity contribution in [1.29, 1.82) is 0 Å². The highest BCUT2D eigenvalue weighted by atomic mass is 19.1. The second-order valence-corrected chi connectivity index (χ2v) is 9.17. The number of anilines is 1. The number of likely N-dealkylation sites (N-methyl/N-ethyl adjacent to an activating group) is 1. The normalized spacial score (nSPS) is 18.8. The van der Waals surface area contributed by atoms with E-state index in [1.807, 2.05) is 18.9 Å². The summed E-state index contributed by atoms with van der Waals surface area (Å²) in [7, 11) is 2.01. The van der Waals surface area contributed by atoms with Gasteiger partial charge in [-0.3, -0.25) is 4.79 Å². The van der Waals surface area contributed by atoms with Gasteiger partial charge in [-0.2, -0.15) is 0 Å². The zero-order valence-electron chi connectivity index (χ0n) is 20.5. The van der Waals surface area contributed by atoms with Crippen molar-refractivity contribution in [3.63, 3.8) is 0 Å². The van der Waals surface area contributed by atoms with Crippen LogP contribution < -0.4 is 15.1 Å². The van der Waals surface area contributed by atoms with Gasteiger partial charge in [0.2, 0.25) is 11.7 Å². The van der Waals surface area contributed by atoms with Gasteiger partial charge < -0.3 is 33.3 Å². The minimum atomic E-state index is -1.29. The number of aromatic nitrogens is 1. The van der Waals surface area contributed by atoms with Gasteiger partial charge in [-0.15, -0.1) is 0 Å². The maximum atomic E-state index is 15.4. The summed E-state index contributed by atoms with van der Waals surface area (Å²) in [6.07, 6.45) is -1.31. The first-order valence-corrected chi connectivity index (χ1v) is 11.6. The third-order valence-corrected chi connectivity index (χ3v) is 6.05. The van der Waals surface area contributed by atoms with Gasteiger partial charge in [0, 0.05) is 39.3 Å². The van der Waals surface area contributed by atoms with E-state index in [0.29, 0.717) is 30.0 Å². The van der Waals surface area contributed by atoms with Crippen molar-refractivity contribution in [2.24, 2.45) is 0 Å². The van der Waals surface area contributed by atoms with Crippen LogP contribution in [0.15, 0.2) is 17.1 Å². The van der Waals surface area contributed by atoms with Crippen molar-refractivity contribution < 1.29 is 32.9 Å². The average Bonchev–Trinajstić information content (AvgIpc) is 2.77. The highest BCUT2D eigenvalue weighted by Crippen LogP contribution is 2.42. The van der Waals surface area contributed by atoms with Crippen LogP contribution in [0.1, 0.15) is 44.1 Å². The number of benzene rings is 1. The van der Waals surface area contributed by atoms with E-state index >= 15 is 4.39 Å². The van der Waals surface area contributed by atoms with E-state index in [0.717, 1.165) is 19.2 Å². The molecule has 11 heteroatoms. The Morgan fingerprint density at radius 1 is 1.11 bits per heavy atom. The van der Waals surface area contributed by atoms with Gasteiger partial charge in [0.1, 0.15) is 17.9 Å². The number of piperazine rings is 1. The van der Waals surface area contributed by atoms with E-state index in [-0.39, 0.29) is 23.6 Å². The fourth-order valence-corrected chi connectivity index (χ4v) is 4.28. The fourth-order valence-electron chi connectivity index (χ4n) is 4.28. The second-order valence-electron chi connectivity index (χ2n) is 9.17. The minimum Gasteiger partial charge on any atom is -0.487 e. The van der Waals surface area contributed by atoms with Crippen LogP contribution in [-0.4, -0.2) is 73.8 Å². The maximum Gasteiger partial charge on any atom is 0.511 e. The van der Waals surface area contributed by atoms with Gasteiger partial charge in [-0.05, 0) is 33.9 Å². The van der Waals surface area contributed by atoms with Crippen molar-refractivity contribution in [2.75, 3.05) is 44.7 Å². The molecule has 1 aromatic carbocycles. The molecule has 2 aliphatic rings. The predicted octanol–water partition coefficient (Wildman–Crippen LogP) is 2.91. The van der Waals surface area contributed by atoms with Crippen molar-refractivity contribution >= 4 is 28.7 Å². The molecule has 0 radical (unpaired) electrons.